The van der Waals surface area contributed by atoms with Crippen molar-refractivity contribution < 1.29 is 4.79 Å². The molecule has 6 heteroatoms. The smallest absolute Gasteiger partial charge is 0.235 e. The van der Waals surface area contributed by atoms with Crippen molar-refractivity contribution in [1.82, 2.24) is 9.97 Å². The highest BCUT2D eigenvalue weighted by Crippen LogP contribution is 2.07. The molecule has 0 aliphatic rings. The molecule has 0 fully saturated rings. The normalized spacial score (nSPS) is 10.1. The van der Waals surface area contributed by atoms with Crippen LogP contribution in [-0.4, -0.2) is 38.9 Å². The Morgan fingerprint density at radius 3 is 2.88 bits per heavy atom. The number of nitrogens with zero attached hydrogens (tertiary/aromatic N) is 2. The Bertz CT molecular complexity index is 308. The minimum Gasteiger partial charge on any atom is -0.309 e. The molecule has 0 saturated heterocycles. The summed E-state index contributed by atoms with van der Waals surface area (Å²) < 4.78 is 0. The van der Waals surface area contributed by atoms with Crippen LogP contribution < -0.4 is 5.32 Å². The van der Waals surface area contributed by atoms with Crippen LogP contribution in [0.25, 0.3) is 0 Å². The maximum atomic E-state index is 11.4. The van der Waals surface area contributed by atoms with Gasteiger partial charge in [-0.05, 0) is 5.75 Å². The predicted octanol–water partition coefficient (Wildman–Crippen LogP) is 1.90. The van der Waals surface area contributed by atoms with Crippen molar-refractivity contribution in [2.75, 3.05) is 28.3 Å². The average Bonchev–Trinajstić information content (AvgIpc) is 2.30. The Kier molecular flexibility index (Phi) is 7.00. The van der Waals surface area contributed by atoms with Gasteiger partial charge in [-0.15, -0.1) is 0 Å². The van der Waals surface area contributed by atoms with Crippen molar-refractivity contribution in [3.8, 4) is 0 Å². The van der Waals surface area contributed by atoms with E-state index in [0.29, 0.717) is 11.6 Å². The molecule has 0 saturated carbocycles. The Labute approximate surface area is 104 Å². The van der Waals surface area contributed by atoms with Crippen molar-refractivity contribution in [2.45, 2.75) is 6.92 Å². The number of thioether (sulfide) groups is 2. The molecule has 1 aromatic heterocycles. The van der Waals surface area contributed by atoms with Crippen LogP contribution in [0, 0.1) is 0 Å². The third kappa shape index (κ3) is 5.97. The molecule has 0 bridgehead atoms. The van der Waals surface area contributed by atoms with Gasteiger partial charge >= 0.3 is 0 Å². The van der Waals surface area contributed by atoms with Gasteiger partial charge in [0.25, 0.3) is 0 Å². The number of hydrogen-bond acceptors (Lipinski definition) is 5. The zero-order chi connectivity index (χ0) is 11.6. The van der Waals surface area contributed by atoms with Gasteiger partial charge < -0.3 is 5.32 Å². The molecule has 4 nitrogen and oxygen atoms in total. The third-order valence-electron chi connectivity index (χ3n) is 1.64. The van der Waals surface area contributed by atoms with Crippen molar-refractivity contribution >= 4 is 35.2 Å². The second-order valence-corrected chi connectivity index (χ2v) is 5.39. The maximum absolute atomic E-state index is 11.4. The fraction of sp³-hybridized carbons (Fsp3) is 0.500. The molecular weight excluding hydrogens is 242 g/mol. The van der Waals surface area contributed by atoms with Crippen LogP contribution in [0.3, 0.4) is 0 Å². The second-order valence-electron chi connectivity index (χ2n) is 2.89. The van der Waals surface area contributed by atoms with E-state index in [2.05, 4.69) is 22.2 Å². The van der Waals surface area contributed by atoms with Crippen LogP contribution in [-0.2, 0) is 4.79 Å². The number of hydrogen-bond donors (Lipinski definition) is 1. The van der Waals surface area contributed by atoms with Crippen molar-refractivity contribution in [2.24, 2.45) is 0 Å². The number of carbonyl (C=O) groups excluding carboxylic acids is 1. The molecule has 0 aromatic carbocycles. The lowest BCUT2D eigenvalue weighted by molar-refractivity contribution is -0.113. The van der Waals surface area contributed by atoms with Gasteiger partial charge in [-0.2, -0.15) is 23.5 Å². The minimum atomic E-state index is -0.0213. The number of aromatic nitrogens is 2. The summed E-state index contributed by atoms with van der Waals surface area (Å²) in [5.74, 6) is 4.20. The Morgan fingerprint density at radius 1 is 1.38 bits per heavy atom. The summed E-state index contributed by atoms with van der Waals surface area (Å²) in [7, 11) is 0. The summed E-state index contributed by atoms with van der Waals surface area (Å²) in [5.41, 5.74) is 0. The van der Waals surface area contributed by atoms with Gasteiger partial charge in [-0.25, -0.2) is 4.98 Å². The average molecular weight is 257 g/mol. The first kappa shape index (κ1) is 13.3. The Morgan fingerprint density at radius 2 is 2.19 bits per heavy atom. The van der Waals surface area contributed by atoms with E-state index in [9.17, 15) is 4.79 Å². The van der Waals surface area contributed by atoms with E-state index in [1.807, 2.05) is 11.8 Å². The minimum absolute atomic E-state index is 0.0213. The summed E-state index contributed by atoms with van der Waals surface area (Å²) in [6.07, 6.45) is 4.67. The van der Waals surface area contributed by atoms with Gasteiger partial charge in [0.1, 0.15) is 0 Å². The summed E-state index contributed by atoms with van der Waals surface area (Å²) >= 11 is 3.53. The SMILES string of the molecule is CCSCCSCC(=O)Nc1cnccn1. The van der Waals surface area contributed by atoms with Crippen molar-refractivity contribution in [1.29, 1.82) is 0 Å². The third-order valence-corrected chi connectivity index (χ3v) is 3.76. The molecule has 0 atom stereocenters. The topological polar surface area (TPSA) is 54.9 Å². The fourth-order valence-electron chi connectivity index (χ4n) is 0.970. The summed E-state index contributed by atoms with van der Waals surface area (Å²) in [5, 5.41) is 2.69. The van der Waals surface area contributed by atoms with E-state index in [4.69, 9.17) is 0 Å². The fourth-order valence-corrected chi connectivity index (χ4v) is 2.60. The highest BCUT2D eigenvalue weighted by atomic mass is 32.2. The van der Waals surface area contributed by atoms with E-state index in [0.717, 1.165) is 17.3 Å². The van der Waals surface area contributed by atoms with Crippen LogP contribution in [0.5, 0.6) is 0 Å². The standard InChI is InChI=1S/C10H15N3OS2/c1-2-15-5-6-16-8-10(14)13-9-7-11-3-4-12-9/h3-4,7H,2,5-6,8H2,1H3,(H,12,13,14). The first-order valence-corrected chi connectivity index (χ1v) is 7.35. The summed E-state index contributed by atoms with van der Waals surface area (Å²) in [4.78, 5) is 19.3. The molecule has 1 N–H and O–H groups in total. The number of rotatable bonds is 7. The van der Waals surface area contributed by atoms with Crippen LogP contribution in [0.2, 0.25) is 0 Å². The largest absolute Gasteiger partial charge is 0.309 e. The lowest BCUT2D eigenvalue weighted by Gasteiger charge is -2.03. The Hall–Kier alpha value is -0.750. The molecule has 0 aliphatic heterocycles. The number of nitrogens with one attached hydrogen (secondary N) is 1. The monoisotopic (exact) mass is 257 g/mol. The summed E-state index contributed by atoms with van der Waals surface area (Å²) in [6.45, 7) is 2.14. The van der Waals surface area contributed by atoms with Gasteiger partial charge in [0.15, 0.2) is 5.82 Å². The molecule has 0 radical (unpaired) electrons. The molecule has 1 amide bonds. The van der Waals surface area contributed by atoms with E-state index in [-0.39, 0.29) is 5.91 Å². The highest BCUT2D eigenvalue weighted by molar-refractivity contribution is 8.03. The highest BCUT2D eigenvalue weighted by Gasteiger charge is 2.02. The molecule has 88 valence electrons. The zero-order valence-electron chi connectivity index (χ0n) is 9.18. The van der Waals surface area contributed by atoms with Gasteiger partial charge in [0, 0.05) is 23.9 Å². The van der Waals surface area contributed by atoms with Gasteiger partial charge in [0.2, 0.25) is 5.91 Å². The van der Waals surface area contributed by atoms with Crippen LogP contribution >= 0.6 is 23.5 Å². The van der Waals surface area contributed by atoms with Crippen LogP contribution in [0.15, 0.2) is 18.6 Å². The zero-order valence-corrected chi connectivity index (χ0v) is 10.8. The van der Waals surface area contributed by atoms with Crippen molar-refractivity contribution in [3.05, 3.63) is 18.6 Å². The van der Waals surface area contributed by atoms with E-state index < -0.39 is 0 Å². The lowest BCUT2D eigenvalue weighted by Crippen LogP contribution is -2.15. The number of anilines is 1. The van der Waals surface area contributed by atoms with Crippen LogP contribution in [0.1, 0.15) is 6.92 Å². The summed E-state index contributed by atoms with van der Waals surface area (Å²) in [6, 6.07) is 0. The molecule has 0 unspecified atom stereocenters. The predicted molar refractivity (Wildman–Crippen MR) is 71.0 cm³/mol. The van der Waals surface area contributed by atoms with Crippen molar-refractivity contribution in [3.63, 3.8) is 0 Å². The molecule has 16 heavy (non-hydrogen) atoms. The molecule has 0 aliphatic carbocycles. The van der Waals surface area contributed by atoms with Crippen LogP contribution in [0.4, 0.5) is 5.82 Å². The number of amides is 1. The molecule has 1 rings (SSSR count). The Balaban J connectivity index is 2.12. The molecule has 1 aromatic rings. The molecular formula is C10H15N3OS2. The van der Waals surface area contributed by atoms with E-state index >= 15 is 0 Å². The maximum Gasteiger partial charge on any atom is 0.235 e. The number of carbonyl (C=O) groups is 1. The first-order valence-electron chi connectivity index (χ1n) is 5.04. The molecule has 1 heterocycles. The van der Waals surface area contributed by atoms with E-state index in [1.165, 1.54) is 6.20 Å². The lowest BCUT2D eigenvalue weighted by atomic mass is 10.6. The van der Waals surface area contributed by atoms with Gasteiger partial charge in [-0.1, -0.05) is 6.92 Å². The van der Waals surface area contributed by atoms with E-state index in [1.54, 1.807) is 24.2 Å². The molecule has 0 spiro atoms. The van der Waals surface area contributed by atoms with Gasteiger partial charge in [0.05, 0.1) is 11.9 Å². The quantitative estimate of drug-likeness (QED) is 0.756. The van der Waals surface area contributed by atoms with Gasteiger partial charge in [-0.3, -0.25) is 9.78 Å². The first-order chi connectivity index (χ1) is 7.83. The second kappa shape index (κ2) is 8.41.